The van der Waals surface area contributed by atoms with Gasteiger partial charge in [0.2, 0.25) is 0 Å². The van der Waals surface area contributed by atoms with Crippen molar-refractivity contribution in [1.29, 1.82) is 0 Å². The summed E-state index contributed by atoms with van der Waals surface area (Å²) in [7, 11) is 0. The minimum absolute atomic E-state index is 0.435. The van der Waals surface area contributed by atoms with Gasteiger partial charge in [0.1, 0.15) is 0 Å². The maximum Gasteiger partial charge on any atom is 0.159 e. The van der Waals surface area contributed by atoms with Crippen molar-refractivity contribution in [2.24, 2.45) is 11.8 Å². The molecule has 0 aromatic heterocycles. The second-order valence-corrected chi connectivity index (χ2v) is 4.39. The number of allylic oxidation sites excluding steroid dienone is 2. The van der Waals surface area contributed by atoms with Gasteiger partial charge in [0.25, 0.3) is 0 Å². The van der Waals surface area contributed by atoms with Crippen LogP contribution in [-0.2, 0) is 4.79 Å². The smallest absolute Gasteiger partial charge is 0.159 e. The first kappa shape index (κ1) is 8.03. The SMILES string of the molecule is CC1CC2=C(C(=O)CC2)C(C)C1. The van der Waals surface area contributed by atoms with Gasteiger partial charge in [-0.2, -0.15) is 0 Å². The van der Waals surface area contributed by atoms with Crippen LogP contribution in [0.2, 0.25) is 0 Å². The fourth-order valence-electron chi connectivity index (χ4n) is 2.79. The number of ketones is 1. The highest BCUT2D eigenvalue weighted by Gasteiger charge is 2.32. The molecule has 0 aromatic carbocycles. The van der Waals surface area contributed by atoms with E-state index in [0.29, 0.717) is 11.7 Å². The molecule has 2 rings (SSSR count). The zero-order chi connectivity index (χ0) is 8.72. The van der Waals surface area contributed by atoms with Gasteiger partial charge in [-0.1, -0.05) is 19.4 Å². The van der Waals surface area contributed by atoms with Gasteiger partial charge in [-0.25, -0.2) is 0 Å². The van der Waals surface area contributed by atoms with Gasteiger partial charge < -0.3 is 0 Å². The maximum absolute atomic E-state index is 11.5. The molecule has 2 aliphatic rings. The van der Waals surface area contributed by atoms with Crippen molar-refractivity contribution >= 4 is 5.78 Å². The van der Waals surface area contributed by atoms with E-state index >= 15 is 0 Å². The lowest BCUT2D eigenvalue weighted by Gasteiger charge is -2.25. The van der Waals surface area contributed by atoms with Crippen LogP contribution in [-0.4, -0.2) is 5.78 Å². The summed E-state index contributed by atoms with van der Waals surface area (Å²) in [5.74, 6) is 1.77. The van der Waals surface area contributed by atoms with E-state index in [2.05, 4.69) is 13.8 Å². The van der Waals surface area contributed by atoms with Gasteiger partial charge >= 0.3 is 0 Å². The summed E-state index contributed by atoms with van der Waals surface area (Å²) in [6, 6.07) is 0. The van der Waals surface area contributed by atoms with Crippen LogP contribution in [0.15, 0.2) is 11.1 Å². The molecule has 2 atom stereocenters. The van der Waals surface area contributed by atoms with E-state index in [1.165, 1.54) is 24.0 Å². The summed E-state index contributed by atoms with van der Waals surface area (Å²) in [6.07, 6.45) is 4.25. The molecule has 0 fully saturated rings. The summed E-state index contributed by atoms with van der Waals surface area (Å²) in [5.41, 5.74) is 2.68. The summed E-state index contributed by atoms with van der Waals surface area (Å²) in [4.78, 5) is 11.5. The summed E-state index contributed by atoms with van der Waals surface area (Å²) < 4.78 is 0. The monoisotopic (exact) mass is 164 g/mol. The first-order chi connectivity index (χ1) is 5.68. The molecule has 0 saturated carbocycles. The lowest BCUT2D eigenvalue weighted by Crippen LogP contribution is -2.16. The molecule has 12 heavy (non-hydrogen) atoms. The molecule has 0 bridgehead atoms. The first-order valence-electron chi connectivity index (χ1n) is 4.93. The number of carbonyl (C=O) groups excluding carboxylic acids is 1. The Bertz CT molecular complexity index is 250. The molecule has 0 amide bonds. The van der Waals surface area contributed by atoms with Gasteiger partial charge in [0.15, 0.2) is 5.78 Å². The highest BCUT2D eigenvalue weighted by Crippen LogP contribution is 2.40. The van der Waals surface area contributed by atoms with Crippen molar-refractivity contribution in [2.45, 2.75) is 39.5 Å². The molecule has 0 spiro atoms. The first-order valence-corrected chi connectivity index (χ1v) is 4.93. The topological polar surface area (TPSA) is 17.1 Å². The fraction of sp³-hybridized carbons (Fsp3) is 0.727. The third-order valence-electron chi connectivity index (χ3n) is 3.18. The van der Waals surface area contributed by atoms with Gasteiger partial charge in [-0.15, -0.1) is 0 Å². The Hall–Kier alpha value is -0.590. The van der Waals surface area contributed by atoms with Crippen LogP contribution in [0.25, 0.3) is 0 Å². The molecule has 2 unspecified atom stereocenters. The van der Waals surface area contributed by atoms with Crippen LogP contribution in [0.5, 0.6) is 0 Å². The zero-order valence-electron chi connectivity index (χ0n) is 7.89. The Morgan fingerprint density at radius 2 is 2.00 bits per heavy atom. The van der Waals surface area contributed by atoms with Crippen molar-refractivity contribution in [3.05, 3.63) is 11.1 Å². The largest absolute Gasteiger partial charge is 0.295 e. The van der Waals surface area contributed by atoms with Crippen LogP contribution in [0.1, 0.15) is 39.5 Å². The molecule has 66 valence electrons. The van der Waals surface area contributed by atoms with E-state index in [4.69, 9.17) is 0 Å². The second-order valence-electron chi connectivity index (χ2n) is 4.39. The molecule has 0 N–H and O–H groups in total. The van der Waals surface area contributed by atoms with Crippen molar-refractivity contribution in [3.8, 4) is 0 Å². The molecule has 1 heteroatoms. The van der Waals surface area contributed by atoms with Crippen LogP contribution in [0.3, 0.4) is 0 Å². The van der Waals surface area contributed by atoms with Crippen LogP contribution in [0.4, 0.5) is 0 Å². The van der Waals surface area contributed by atoms with Crippen molar-refractivity contribution in [1.82, 2.24) is 0 Å². The molecule has 0 aliphatic heterocycles. The minimum atomic E-state index is 0.435. The van der Waals surface area contributed by atoms with E-state index in [-0.39, 0.29) is 0 Å². The number of rotatable bonds is 0. The van der Waals surface area contributed by atoms with Crippen LogP contribution >= 0.6 is 0 Å². The summed E-state index contributed by atoms with van der Waals surface area (Å²) in [5, 5.41) is 0. The molecule has 0 radical (unpaired) electrons. The van der Waals surface area contributed by atoms with E-state index in [0.717, 1.165) is 18.8 Å². The van der Waals surface area contributed by atoms with Crippen LogP contribution in [0, 0.1) is 11.8 Å². The molecule has 0 aromatic rings. The Balaban J connectivity index is 2.31. The molecule has 0 heterocycles. The van der Waals surface area contributed by atoms with Gasteiger partial charge in [-0.05, 0) is 36.7 Å². The van der Waals surface area contributed by atoms with Gasteiger partial charge in [0, 0.05) is 6.42 Å². The van der Waals surface area contributed by atoms with E-state index < -0.39 is 0 Å². The average Bonchev–Trinajstić information content (AvgIpc) is 2.31. The highest BCUT2D eigenvalue weighted by molar-refractivity contribution is 5.99. The number of Topliss-reactive ketones (excluding diaryl/α,β-unsaturated/α-hetero) is 1. The third-order valence-corrected chi connectivity index (χ3v) is 3.18. The molecular weight excluding hydrogens is 148 g/mol. The second kappa shape index (κ2) is 2.72. The van der Waals surface area contributed by atoms with E-state index in [1.807, 2.05) is 0 Å². The predicted molar refractivity (Wildman–Crippen MR) is 48.8 cm³/mol. The predicted octanol–water partition coefficient (Wildman–Crippen LogP) is 2.71. The van der Waals surface area contributed by atoms with E-state index in [9.17, 15) is 4.79 Å². The lowest BCUT2D eigenvalue weighted by molar-refractivity contribution is -0.115. The molecule has 1 nitrogen and oxygen atoms in total. The molecule has 0 saturated heterocycles. The van der Waals surface area contributed by atoms with E-state index in [1.54, 1.807) is 0 Å². The zero-order valence-corrected chi connectivity index (χ0v) is 7.89. The minimum Gasteiger partial charge on any atom is -0.295 e. The normalized spacial score (nSPS) is 35.7. The van der Waals surface area contributed by atoms with Crippen molar-refractivity contribution < 1.29 is 4.79 Å². The number of carbonyl (C=O) groups is 1. The van der Waals surface area contributed by atoms with Gasteiger partial charge in [0.05, 0.1) is 0 Å². The Morgan fingerprint density at radius 3 is 2.75 bits per heavy atom. The Morgan fingerprint density at radius 1 is 1.25 bits per heavy atom. The Kier molecular flexibility index (Phi) is 1.82. The summed E-state index contributed by atoms with van der Waals surface area (Å²) in [6.45, 7) is 4.50. The van der Waals surface area contributed by atoms with Crippen LogP contribution < -0.4 is 0 Å². The Labute approximate surface area is 73.8 Å². The summed E-state index contributed by atoms with van der Waals surface area (Å²) >= 11 is 0. The standard InChI is InChI=1S/C11H16O/c1-7-5-8(2)11-9(6-7)3-4-10(11)12/h7-8H,3-6H2,1-2H3. The van der Waals surface area contributed by atoms with Crippen molar-refractivity contribution in [3.63, 3.8) is 0 Å². The van der Waals surface area contributed by atoms with Crippen molar-refractivity contribution in [2.75, 3.05) is 0 Å². The lowest BCUT2D eigenvalue weighted by atomic mass is 9.79. The fourth-order valence-corrected chi connectivity index (χ4v) is 2.79. The molecule has 2 aliphatic carbocycles. The highest BCUT2D eigenvalue weighted by atomic mass is 16.1. The molecular formula is C11H16O. The number of hydrogen-bond donors (Lipinski definition) is 0. The third kappa shape index (κ3) is 1.12. The van der Waals surface area contributed by atoms with Gasteiger partial charge in [-0.3, -0.25) is 4.79 Å². The number of hydrogen-bond acceptors (Lipinski definition) is 1. The maximum atomic E-state index is 11.5. The average molecular weight is 164 g/mol. The quantitative estimate of drug-likeness (QED) is 0.538.